The molecule has 3 rings (SSSR count). The molecular formula is C20H29NO4. The third-order valence-corrected chi connectivity index (χ3v) is 5.83. The van der Waals surface area contributed by atoms with Crippen molar-refractivity contribution < 1.29 is 19.4 Å². The Bertz CT molecular complexity index is 593. The number of aliphatic hydroxyl groups excluding tert-OH is 1. The number of nitrogens with zero attached hydrogens (tertiary/aromatic N) is 1. The summed E-state index contributed by atoms with van der Waals surface area (Å²) in [7, 11) is 0. The first kappa shape index (κ1) is 18.2. The van der Waals surface area contributed by atoms with Crippen LogP contribution in [0, 0.1) is 5.41 Å². The van der Waals surface area contributed by atoms with Gasteiger partial charge >= 0.3 is 0 Å². The molecular weight excluding hydrogens is 318 g/mol. The Kier molecular flexibility index (Phi) is 5.64. The molecule has 25 heavy (non-hydrogen) atoms. The third-order valence-electron chi connectivity index (χ3n) is 5.83. The van der Waals surface area contributed by atoms with Crippen molar-refractivity contribution >= 4 is 5.91 Å². The summed E-state index contributed by atoms with van der Waals surface area (Å²) in [4.78, 5) is 14.3. The van der Waals surface area contributed by atoms with Gasteiger partial charge in [0.1, 0.15) is 5.75 Å². The Labute approximate surface area is 149 Å². The highest BCUT2D eigenvalue weighted by atomic mass is 16.5. The van der Waals surface area contributed by atoms with Crippen molar-refractivity contribution in [2.24, 2.45) is 5.41 Å². The van der Waals surface area contributed by atoms with Crippen LogP contribution in [0.4, 0.5) is 0 Å². The van der Waals surface area contributed by atoms with Crippen molar-refractivity contribution in [1.29, 1.82) is 0 Å². The summed E-state index contributed by atoms with van der Waals surface area (Å²) in [6.45, 7) is 6.15. The molecule has 0 radical (unpaired) electrons. The number of carbonyl (C=O) groups excluding carboxylic acids is 1. The van der Waals surface area contributed by atoms with E-state index in [1.54, 1.807) is 0 Å². The van der Waals surface area contributed by atoms with Gasteiger partial charge in [0, 0.05) is 31.5 Å². The topological polar surface area (TPSA) is 59.0 Å². The summed E-state index contributed by atoms with van der Waals surface area (Å²) in [5.74, 6) is 0.755. The lowest BCUT2D eigenvalue weighted by molar-refractivity contribution is -0.210. The van der Waals surface area contributed by atoms with Crippen LogP contribution in [0.2, 0.25) is 0 Å². The molecule has 1 saturated carbocycles. The number of aliphatic hydroxyl groups is 1. The van der Waals surface area contributed by atoms with E-state index in [1.165, 1.54) is 5.56 Å². The summed E-state index contributed by atoms with van der Waals surface area (Å²) >= 11 is 0. The predicted molar refractivity (Wildman–Crippen MR) is 95.6 cm³/mol. The van der Waals surface area contributed by atoms with Gasteiger partial charge in [-0.15, -0.1) is 0 Å². The molecule has 1 N–H and O–H groups in total. The number of benzene rings is 1. The number of hydrogen-bond acceptors (Lipinski definition) is 4. The molecule has 1 saturated heterocycles. The Morgan fingerprint density at radius 3 is 2.72 bits per heavy atom. The Hall–Kier alpha value is -1.59. The summed E-state index contributed by atoms with van der Waals surface area (Å²) in [6, 6.07) is 7.87. The van der Waals surface area contributed by atoms with Crippen molar-refractivity contribution in [3.63, 3.8) is 0 Å². The highest BCUT2D eigenvalue weighted by Crippen LogP contribution is 2.50. The third kappa shape index (κ3) is 3.67. The van der Waals surface area contributed by atoms with Crippen molar-refractivity contribution in [2.75, 3.05) is 26.3 Å². The number of aryl methyl sites for hydroxylation is 1. The lowest BCUT2D eigenvalue weighted by Crippen LogP contribution is -2.62. The average Bonchev–Trinajstić information content (AvgIpc) is 2.66. The van der Waals surface area contributed by atoms with E-state index < -0.39 is 0 Å². The predicted octanol–water partition coefficient (Wildman–Crippen LogP) is 2.41. The zero-order valence-corrected chi connectivity index (χ0v) is 15.2. The molecule has 1 amide bonds. The number of likely N-dealkylation sites (tertiary alicyclic amines) is 1. The molecule has 2 atom stereocenters. The molecule has 0 unspecified atom stereocenters. The van der Waals surface area contributed by atoms with Crippen LogP contribution in [0.25, 0.3) is 0 Å². The fraction of sp³-hybridized carbons (Fsp3) is 0.650. The van der Waals surface area contributed by atoms with Gasteiger partial charge in [-0.2, -0.15) is 0 Å². The van der Waals surface area contributed by atoms with E-state index in [0.717, 1.165) is 31.4 Å². The molecule has 1 aromatic carbocycles. The second kappa shape index (κ2) is 7.75. The Balaban J connectivity index is 1.50. The van der Waals surface area contributed by atoms with Gasteiger partial charge in [0.05, 0.1) is 12.2 Å². The highest BCUT2D eigenvalue weighted by Gasteiger charge is 2.56. The van der Waals surface area contributed by atoms with E-state index in [4.69, 9.17) is 9.47 Å². The van der Waals surface area contributed by atoms with Crippen LogP contribution in [0.15, 0.2) is 24.3 Å². The van der Waals surface area contributed by atoms with Crippen LogP contribution >= 0.6 is 0 Å². The number of hydrogen-bond donors (Lipinski definition) is 1. The lowest BCUT2D eigenvalue weighted by atomic mass is 9.58. The lowest BCUT2D eigenvalue weighted by Gasteiger charge is -2.56. The minimum atomic E-state index is -0.297. The first-order valence-electron chi connectivity index (χ1n) is 9.38. The van der Waals surface area contributed by atoms with Gasteiger partial charge in [-0.05, 0) is 43.9 Å². The Morgan fingerprint density at radius 2 is 2.08 bits per heavy atom. The maximum absolute atomic E-state index is 12.4. The fourth-order valence-corrected chi connectivity index (χ4v) is 4.08. The van der Waals surface area contributed by atoms with Crippen LogP contribution in [0.5, 0.6) is 5.75 Å². The van der Waals surface area contributed by atoms with Crippen LogP contribution in [-0.4, -0.2) is 54.4 Å². The fourth-order valence-electron chi connectivity index (χ4n) is 4.08. The molecule has 138 valence electrons. The maximum atomic E-state index is 12.4. The molecule has 1 aliphatic carbocycles. The SMILES string of the molecule is CCO[C@@H]1C[C@@H](O)C12CCN(C(=O)COc1cccc(CC)c1)CC2. The average molecular weight is 347 g/mol. The van der Waals surface area contributed by atoms with Crippen molar-refractivity contribution in [1.82, 2.24) is 4.90 Å². The number of piperidine rings is 1. The molecule has 1 heterocycles. The Morgan fingerprint density at radius 1 is 1.32 bits per heavy atom. The van der Waals surface area contributed by atoms with Gasteiger partial charge in [-0.1, -0.05) is 19.1 Å². The van der Waals surface area contributed by atoms with E-state index in [0.29, 0.717) is 19.7 Å². The largest absolute Gasteiger partial charge is 0.484 e. The molecule has 1 aliphatic heterocycles. The number of carbonyl (C=O) groups is 1. The van der Waals surface area contributed by atoms with Gasteiger partial charge in [-0.3, -0.25) is 4.79 Å². The molecule has 0 aromatic heterocycles. The van der Waals surface area contributed by atoms with Crippen molar-refractivity contribution in [2.45, 2.75) is 51.7 Å². The quantitative estimate of drug-likeness (QED) is 0.858. The summed E-state index contributed by atoms with van der Waals surface area (Å²) in [6.07, 6.45) is 3.11. The van der Waals surface area contributed by atoms with Crippen LogP contribution in [0.1, 0.15) is 38.7 Å². The molecule has 5 heteroatoms. The molecule has 2 aliphatic rings. The normalized spacial score (nSPS) is 24.8. The molecule has 1 aromatic rings. The zero-order chi connectivity index (χ0) is 17.9. The van der Waals surface area contributed by atoms with Gasteiger partial charge in [0.2, 0.25) is 0 Å². The van der Waals surface area contributed by atoms with E-state index >= 15 is 0 Å². The first-order chi connectivity index (χ1) is 12.1. The minimum Gasteiger partial charge on any atom is -0.484 e. The number of ether oxygens (including phenoxy) is 2. The monoisotopic (exact) mass is 347 g/mol. The van der Waals surface area contributed by atoms with Crippen LogP contribution in [-0.2, 0) is 16.0 Å². The van der Waals surface area contributed by atoms with Gasteiger partial charge in [0.25, 0.3) is 5.91 Å². The van der Waals surface area contributed by atoms with Crippen molar-refractivity contribution in [3.8, 4) is 5.75 Å². The molecule has 2 fully saturated rings. The van der Waals surface area contributed by atoms with Gasteiger partial charge in [0.15, 0.2) is 6.61 Å². The summed E-state index contributed by atoms with van der Waals surface area (Å²) in [5, 5.41) is 10.2. The molecule has 1 spiro atoms. The zero-order valence-electron chi connectivity index (χ0n) is 15.2. The van der Waals surface area contributed by atoms with E-state index in [9.17, 15) is 9.90 Å². The highest BCUT2D eigenvalue weighted by molar-refractivity contribution is 5.77. The van der Waals surface area contributed by atoms with E-state index in [-0.39, 0.29) is 30.1 Å². The molecule has 0 bridgehead atoms. The number of rotatable bonds is 6. The standard InChI is InChI=1S/C20H29NO4/c1-3-15-6-5-7-16(12-15)25-14-19(23)21-10-8-20(9-11-21)17(22)13-18(20)24-4-2/h5-7,12,17-18,22H,3-4,8-11,13-14H2,1-2H3/t17-,18-/m1/s1. The smallest absolute Gasteiger partial charge is 0.260 e. The maximum Gasteiger partial charge on any atom is 0.260 e. The summed E-state index contributed by atoms with van der Waals surface area (Å²) in [5.41, 5.74) is 1.05. The first-order valence-corrected chi connectivity index (χ1v) is 9.38. The molecule has 5 nitrogen and oxygen atoms in total. The van der Waals surface area contributed by atoms with Gasteiger partial charge in [-0.25, -0.2) is 0 Å². The van der Waals surface area contributed by atoms with Gasteiger partial charge < -0.3 is 19.5 Å². The summed E-state index contributed by atoms with van der Waals surface area (Å²) < 4.78 is 11.4. The van der Waals surface area contributed by atoms with Crippen molar-refractivity contribution in [3.05, 3.63) is 29.8 Å². The second-order valence-electron chi connectivity index (χ2n) is 7.10. The van der Waals surface area contributed by atoms with Crippen LogP contribution in [0.3, 0.4) is 0 Å². The van der Waals surface area contributed by atoms with Crippen LogP contribution < -0.4 is 4.74 Å². The second-order valence-corrected chi connectivity index (χ2v) is 7.10. The van der Waals surface area contributed by atoms with E-state index in [2.05, 4.69) is 13.0 Å². The number of amides is 1. The minimum absolute atomic E-state index is 0.0125. The van der Waals surface area contributed by atoms with E-state index in [1.807, 2.05) is 30.0 Å².